The van der Waals surface area contributed by atoms with E-state index in [0.29, 0.717) is 65.0 Å². The highest BCUT2D eigenvalue weighted by Gasteiger charge is 2.35. The first kappa shape index (κ1) is 38.2. The third-order valence-electron chi connectivity index (χ3n) is 11.3. The number of halogens is 1. The van der Waals surface area contributed by atoms with E-state index in [1.54, 1.807) is 18.2 Å². The van der Waals surface area contributed by atoms with E-state index < -0.39 is 0 Å². The van der Waals surface area contributed by atoms with Crippen LogP contribution in [0.25, 0.3) is 16.0 Å². The number of piperidine rings is 1. The molecule has 7 rings (SSSR count). The van der Waals surface area contributed by atoms with Crippen molar-refractivity contribution in [3.05, 3.63) is 117 Å². The topological polar surface area (TPSA) is 100 Å². The van der Waals surface area contributed by atoms with E-state index >= 15 is 0 Å². The lowest BCUT2D eigenvalue weighted by molar-refractivity contribution is -0.122. The molecule has 284 valence electrons. The normalized spacial score (nSPS) is 18.7. The van der Waals surface area contributed by atoms with E-state index in [4.69, 9.17) is 32.4 Å². The molecule has 2 aliphatic heterocycles. The van der Waals surface area contributed by atoms with Crippen LogP contribution in [-0.2, 0) is 24.4 Å². The highest BCUT2D eigenvalue weighted by molar-refractivity contribution is 6.32. The molecule has 0 bridgehead atoms. The van der Waals surface area contributed by atoms with Gasteiger partial charge in [0, 0.05) is 61.4 Å². The zero-order valence-corrected chi connectivity index (χ0v) is 32.6. The van der Waals surface area contributed by atoms with Gasteiger partial charge in [-0.15, -0.1) is 0 Å². The van der Waals surface area contributed by atoms with Crippen molar-refractivity contribution in [1.29, 1.82) is 5.26 Å². The van der Waals surface area contributed by atoms with Gasteiger partial charge >= 0.3 is 0 Å². The Morgan fingerprint density at radius 2 is 1.87 bits per heavy atom. The molecular weight excluding hydrogens is 710 g/mol. The van der Waals surface area contributed by atoms with Crippen molar-refractivity contribution in [1.82, 2.24) is 15.5 Å². The highest BCUT2D eigenvalue weighted by atomic mass is 35.5. The van der Waals surface area contributed by atoms with Crippen LogP contribution in [0.1, 0.15) is 85.4 Å². The van der Waals surface area contributed by atoms with Gasteiger partial charge in [0.25, 0.3) is 0 Å². The first-order chi connectivity index (χ1) is 26.6. The van der Waals surface area contributed by atoms with Crippen LogP contribution >= 0.6 is 11.6 Å². The van der Waals surface area contributed by atoms with Gasteiger partial charge in [-0.1, -0.05) is 41.9 Å². The van der Waals surface area contributed by atoms with Crippen LogP contribution in [0.15, 0.2) is 66.7 Å². The Balaban J connectivity index is 1.09. The molecule has 0 aromatic heterocycles. The summed E-state index contributed by atoms with van der Waals surface area (Å²) >= 11 is 6.95. The van der Waals surface area contributed by atoms with Gasteiger partial charge in [0.05, 0.1) is 24.3 Å². The largest absolute Gasteiger partial charge is 0.493 e. The Morgan fingerprint density at radius 3 is 2.62 bits per heavy atom. The van der Waals surface area contributed by atoms with Gasteiger partial charge in [-0.2, -0.15) is 5.26 Å². The fourth-order valence-corrected chi connectivity index (χ4v) is 8.15. The molecule has 55 heavy (non-hydrogen) atoms. The minimum absolute atomic E-state index is 0.0657. The number of nitrogens with one attached hydrogen (secondary N) is 2. The molecule has 0 saturated carbocycles. The second kappa shape index (κ2) is 16.8. The number of amides is 1. The average Bonchev–Trinajstić information content (AvgIpc) is 3.60. The summed E-state index contributed by atoms with van der Waals surface area (Å²) in [6.45, 7) is 18.3. The summed E-state index contributed by atoms with van der Waals surface area (Å²) < 4.78 is 19.5. The Morgan fingerprint density at radius 1 is 1.04 bits per heavy atom. The van der Waals surface area contributed by atoms with E-state index in [2.05, 4.69) is 83.6 Å². The van der Waals surface area contributed by atoms with Crippen molar-refractivity contribution in [2.24, 2.45) is 0 Å². The van der Waals surface area contributed by atoms with Gasteiger partial charge in [-0.3, -0.25) is 9.69 Å². The molecule has 0 spiro atoms. The molecule has 10 heteroatoms. The lowest BCUT2D eigenvalue weighted by atomic mass is 9.89. The van der Waals surface area contributed by atoms with Crippen molar-refractivity contribution in [3.63, 3.8) is 0 Å². The number of rotatable bonds is 14. The lowest BCUT2D eigenvalue weighted by Crippen LogP contribution is -2.55. The number of hydrogen-bond acceptors (Lipinski definition) is 7. The number of nitrogens with zero attached hydrogens (tertiary/aromatic N) is 3. The van der Waals surface area contributed by atoms with Crippen molar-refractivity contribution in [2.75, 3.05) is 26.2 Å². The molecule has 2 heterocycles. The van der Waals surface area contributed by atoms with Crippen molar-refractivity contribution < 1.29 is 19.0 Å². The molecule has 0 radical (unpaired) electrons. The van der Waals surface area contributed by atoms with Crippen molar-refractivity contribution >= 4 is 23.2 Å². The van der Waals surface area contributed by atoms with Crippen LogP contribution in [-0.4, -0.2) is 48.6 Å². The fourth-order valence-electron chi connectivity index (χ4n) is 7.92. The summed E-state index contributed by atoms with van der Waals surface area (Å²) in [7, 11) is 0. The van der Waals surface area contributed by atoms with Crippen molar-refractivity contribution in [2.45, 2.75) is 90.1 Å². The number of hydrogen-bond donors (Lipinski definition) is 2. The molecule has 2 N–H and O–H groups in total. The van der Waals surface area contributed by atoms with Crippen LogP contribution in [0.4, 0.5) is 5.69 Å². The van der Waals surface area contributed by atoms with Gasteiger partial charge in [0.1, 0.15) is 30.0 Å². The van der Waals surface area contributed by atoms with Gasteiger partial charge in [0.15, 0.2) is 5.69 Å². The van der Waals surface area contributed by atoms with Gasteiger partial charge in [-0.25, -0.2) is 4.85 Å². The molecule has 2 atom stereocenters. The first-order valence-corrected chi connectivity index (χ1v) is 19.6. The predicted octanol–water partition coefficient (Wildman–Crippen LogP) is 9.00. The summed E-state index contributed by atoms with van der Waals surface area (Å²) in [5.74, 6) is 2.10. The molecule has 1 aliphatic carbocycles. The third kappa shape index (κ3) is 8.76. The van der Waals surface area contributed by atoms with Crippen LogP contribution < -0.4 is 24.8 Å². The second-order valence-electron chi connectivity index (χ2n) is 15.4. The monoisotopic (exact) mass is 757 g/mol. The van der Waals surface area contributed by atoms with Crippen LogP contribution in [0.5, 0.6) is 17.2 Å². The predicted molar refractivity (Wildman–Crippen MR) is 215 cm³/mol. The SMILES string of the molecule is [C-]#[N+]c1cc(C#N)cc(COc2cc(O[C@H]3CCc4c(-c5cccc(OCCCN6CCC6(C)C)c5C)cccc43)c(Cl)cc2CN[C@H]2CCC(=O)NC2)c1. The quantitative estimate of drug-likeness (QED) is 0.0979. The van der Waals surface area contributed by atoms with E-state index in [1.807, 2.05) is 12.1 Å². The second-order valence-corrected chi connectivity index (χ2v) is 15.8. The maximum atomic E-state index is 11.7. The Kier molecular flexibility index (Phi) is 11.6. The summed E-state index contributed by atoms with van der Waals surface area (Å²) in [4.78, 5) is 17.8. The molecule has 4 aromatic carbocycles. The lowest BCUT2D eigenvalue weighted by Gasteiger charge is -2.48. The van der Waals surface area contributed by atoms with Gasteiger partial charge in [-0.05, 0) is 117 Å². The van der Waals surface area contributed by atoms with E-state index in [1.165, 1.54) is 29.7 Å². The van der Waals surface area contributed by atoms with Crippen LogP contribution in [0, 0.1) is 24.8 Å². The molecule has 0 unspecified atom stereocenters. The fraction of sp³-hybridized carbons (Fsp3) is 0.400. The molecular formula is C45H48ClN5O4. The molecule has 2 saturated heterocycles. The molecule has 1 amide bonds. The zero-order valence-electron chi connectivity index (χ0n) is 31.8. The molecule has 4 aromatic rings. The number of likely N-dealkylation sites (tertiary alicyclic amines) is 1. The van der Waals surface area contributed by atoms with Crippen molar-refractivity contribution in [3.8, 4) is 34.4 Å². The third-order valence-corrected chi connectivity index (χ3v) is 11.6. The number of nitriles is 1. The first-order valence-electron chi connectivity index (χ1n) is 19.2. The minimum atomic E-state index is -0.200. The Labute approximate surface area is 329 Å². The van der Waals surface area contributed by atoms with Gasteiger partial charge < -0.3 is 24.8 Å². The molecule has 2 fully saturated rings. The average molecular weight is 758 g/mol. The smallest absolute Gasteiger partial charge is 0.220 e. The van der Waals surface area contributed by atoms with E-state index in [-0.39, 0.29) is 24.7 Å². The van der Waals surface area contributed by atoms with Crippen LogP contribution in [0.3, 0.4) is 0 Å². The number of carbonyl (C=O) groups is 1. The number of ether oxygens (including phenoxy) is 3. The minimum Gasteiger partial charge on any atom is -0.493 e. The Hall–Kier alpha value is -5.06. The highest BCUT2D eigenvalue weighted by Crippen LogP contribution is 2.44. The van der Waals surface area contributed by atoms with E-state index in [9.17, 15) is 10.1 Å². The number of carbonyl (C=O) groups excluding carboxylic acids is 1. The van der Waals surface area contributed by atoms with E-state index in [0.717, 1.165) is 54.7 Å². The summed E-state index contributed by atoms with van der Waals surface area (Å²) in [6.07, 6.45) is 4.95. The molecule has 3 aliphatic rings. The summed E-state index contributed by atoms with van der Waals surface area (Å²) in [5.41, 5.74) is 8.57. The maximum absolute atomic E-state index is 11.7. The maximum Gasteiger partial charge on any atom is 0.220 e. The van der Waals surface area contributed by atoms with Crippen LogP contribution in [0.2, 0.25) is 5.02 Å². The summed E-state index contributed by atoms with van der Waals surface area (Å²) in [5, 5.41) is 16.4. The Bertz CT molecular complexity index is 2110. The summed E-state index contributed by atoms with van der Waals surface area (Å²) in [6, 6.07) is 23.8. The number of fused-ring (bicyclic) bond motifs is 1. The number of benzene rings is 4. The zero-order chi connectivity index (χ0) is 38.5. The standard InChI is InChI=1S/C45H48ClN5O4/c1-29-35(8-6-11-40(29)53-19-7-17-51-18-16-45(51,2)3)36-9-5-10-38-37(36)13-14-41(38)55-43-24-42(54-28-31-20-30(25-47)21-34(22-31)48-4)32(23-39(43)46)26-49-33-12-15-44(52)50-27-33/h5-6,8-11,20-24,33,41,49H,7,12-19,26-28H2,1-3H3,(H,50,52)/t33-,41-/m0/s1. The van der Waals surface area contributed by atoms with Gasteiger partial charge in [0.2, 0.25) is 5.91 Å². The molecule has 9 nitrogen and oxygen atoms in total.